The lowest BCUT2D eigenvalue weighted by molar-refractivity contribution is 0.111. The molecule has 0 aliphatic heterocycles. The van der Waals surface area contributed by atoms with Gasteiger partial charge in [-0.25, -0.2) is 0 Å². The van der Waals surface area contributed by atoms with Crippen LogP contribution in [0.15, 0.2) is 11.8 Å². The lowest BCUT2D eigenvalue weighted by Gasteiger charge is -2.18. The van der Waals surface area contributed by atoms with Gasteiger partial charge in [-0.05, 0) is 51.0 Å². The van der Waals surface area contributed by atoms with Gasteiger partial charge in [0, 0.05) is 6.42 Å². The van der Waals surface area contributed by atoms with Crippen molar-refractivity contribution >= 4 is 0 Å². The van der Waals surface area contributed by atoms with E-state index in [2.05, 4.69) is 6.08 Å². The Hall–Kier alpha value is -0.460. The van der Waals surface area contributed by atoms with Crippen molar-refractivity contribution in [1.29, 1.82) is 0 Å². The van der Waals surface area contributed by atoms with Crippen LogP contribution in [0.25, 0.3) is 0 Å². The first-order chi connectivity index (χ1) is 5.95. The number of hydrogen-bond donors (Lipinski definition) is 0. The quantitative estimate of drug-likeness (QED) is 0.611. The average molecular weight is 166 g/mol. The molecule has 1 fully saturated rings. The van der Waals surface area contributed by atoms with E-state index < -0.39 is 0 Å². The predicted molar refractivity (Wildman–Crippen MR) is 49.9 cm³/mol. The van der Waals surface area contributed by atoms with Gasteiger partial charge < -0.3 is 4.74 Å². The van der Waals surface area contributed by atoms with Crippen LogP contribution in [0.2, 0.25) is 0 Å². The minimum absolute atomic E-state index is 0.564. The zero-order valence-electron chi connectivity index (χ0n) is 7.72. The highest BCUT2D eigenvalue weighted by Gasteiger charge is 2.17. The zero-order valence-corrected chi connectivity index (χ0v) is 7.72. The van der Waals surface area contributed by atoms with Crippen molar-refractivity contribution in [2.24, 2.45) is 0 Å². The third-order valence-corrected chi connectivity index (χ3v) is 2.87. The molecule has 0 heterocycles. The Labute approximate surface area is 74.8 Å². The molecule has 0 N–H and O–H groups in total. The van der Waals surface area contributed by atoms with E-state index in [0.29, 0.717) is 6.10 Å². The number of hydrogen-bond acceptors (Lipinski definition) is 1. The van der Waals surface area contributed by atoms with Crippen molar-refractivity contribution in [1.82, 2.24) is 0 Å². The van der Waals surface area contributed by atoms with Crippen molar-refractivity contribution in [3.8, 4) is 0 Å². The molecule has 2 aliphatic carbocycles. The van der Waals surface area contributed by atoms with Crippen LogP contribution < -0.4 is 0 Å². The number of rotatable bonds is 2. The highest BCUT2D eigenvalue weighted by atomic mass is 16.5. The van der Waals surface area contributed by atoms with E-state index >= 15 is 0 Å². The third kappa shape index (κ3) is 2.02. The Morgan fingerprint density at radius 1 is 1.08 bits per heavy atom. The SMILES string of the molecule is C1=C(OC2CCCC2)CCCC1. The molecule has 0 aromatic rings. The Morgan fingerprint density at radius 2 is 1.92 bits per heavy atom. The van der Waals surface area contributed by atoms with Crippen molar-refractivity contribution in [2.75, 3.05) is 0 Å². The van der Waals surface area contributed by atoms with Gasteiger partial charge in [-0.15, -0.1) is 0 Å². The van der Waals surface area contributed by atoms with Crippen LogP contribution in [-0.4, -0.2) is 6.10 Å². The molecule has 1 nitrogen and oxygen atoms in total. The number of ether oxygens (including phenoxy) is 1. The summed E-state index contributed by atoms with van der Waals surface area (Å²) in [5.41, 5.74) is 0. The molecule has 0 saturated heterocycles. The first kappa shape index (κ1) is 8.15. The van der Waals surface area contributed by atoms with E-state index in [0.717, 1.165) is 0 Å². The Morgan fingerprint density at radius 3 is 2.58 bits per heavy atom. The number of allylic oxidation sites excluding steroid dienone is 2. The van der Waals surface area contributed by atoms with Gasteiger partial charge in [0.15, 0.2) is 0 Å². The molecule has 2 aliphatic rings. The Balaban J connectivity index is 1.80. The van der Waals surface area contributed by atoms with E-state index in [1.54, 1.807) is 0 Å². The second-order valence-electron chi connectivity index (χ2n) is 3.94. The standard InChI is InChI=1S/C11H18O/c1-2-6-10(7-3-1)12-11-8-4-5-9-11/h6,11H,1-5,7-9H2. The summed E-state index contributed by atoms with van der Waals surface area (Å²) in [4.78, 5) is 0. The van der Waals surface area contributed by atoms with E-state index in [1.807, 2.05) is 0 Å². The normalized spacial score (nSPS) is 25.5. The van der Waals surface area contributed by atoms with Crippen LogP contribution in [0.4, 0.5) is 0 Å². The molecule has 0 amide bonds. The topological polar surface area (TPSA) is 9.23 Å². The molecule has 68 valence electrons. The van der Waals surface area contributed by atoms with E-state index in [4.69, 9.17) is 4.74 Å². The maximum Gasteiger partial charge on any atom is 0.0982 e. The molecule has 0 unspecified atom stereocenters. The second kappa shape index (κ2) is 3.97. The van der Waals surface area contributed by atoms with Gasteiger partial charge in [0.05, 0.1) is 11.9 Å². The average Bonchev–Trinajstić information content (AvgIpc) is 2.59. The molecule has 1 heteroatoms. The zero-order chi connectivity index (χ0) is 8.23. The lowest BCUT2D eigenvalue weighted by Crippen LogP contribution is -2.08. The fourth-order valence-corrected chi connectivity index (χ4v) is 2.14. The monoisotopic (exact) mass is 166 g/mol. The molecule has 2 rings (SSSR count). The molecular weight excluding hydrogens is 148 g/mol. The van der Waals surface area contributed by atoms with E-state index in [-0.39, 0.29) is 0 Å². The molecular formula is C11H18O. The van der Waals surface area contributed by atoms with Crippen molar-refractivity contribution in [2.45, 2.75) is 57.5 Å². The summed E-state index contributed by atoms with van der Waals surface area (Å²) in [7, 11) is 0. The largest absolute Gasteiger partial charge is 0.495 e. The summed E-state index contributed by atoms with van der Waals surface area (Å²) in [6.45, 7) is 0. The van der Waals surface area contributed by atoms with Gasteiger partial charge in [0.2, 0.25) is 0 Å². The summed E-state index contributed by atoms with van der Waals surface area (Å²) in [5, 5.41) is 0. The van der Waals surface area contributed by atoms with Gasteiger partial charge in [-0.2, -0.15) is 0 Å². The summed E-state index contributed by atoms with van der Waals surface area (Å²) >= 11 is 0. The summed E-state index contributed by atoms with van der Waals surface area (Å²) in [6, 6.07) is 0. The molecule has 0 atom stereocenters. The Bertz CT molecular complexity index is 166. The van der Waals surface area contributed by atoms with Crippen molar-refractivity contribution < 1.29 is 4.74 Å². The smallest absolute Gasteiger partial charge is 0.0982 e. The lowest BCUT2D eigenvalue weighted by atomic mass is 10.1. The fourth-order valence-electron chi connectivity index (χ4n) is 2.14. The van der Waals surface area contributed by atoms with Gasteiger partial charge in [-0.3, -0.25) is 0 Å². The molecule has 0 spiro atoms. The predicted octanol–water partition coefficient (Wildman–Crippen LogP) is 3.40. The molecule has 12 heavy (non-hydrogen) atoms. The highest BCUT2D eigenvalue weighted by molar-refractivity contribution is 4.97. The Kier molecular flexibility index (Phi) is 2.70. The van der Waals surface area contributed by atoms with Crippen LogP contribution in [0.5, 0.6) is 0 Å². The van der Waals surface area contributed by atoms with Gasteiger partial charge >= 0.3 is 0 Å². The molecule has 1 saturated carbocycles. The summed E-state index contributed by atoms with van der Waals surface area (Å²) < 4.78 is 5.91. The fraction of sp³-hybridized carbons (Fsp3) is 0.818. The van der Waals surface area contributed by atoms with Gasteiger partial charge in [0.1, 0.15) is 0 Å². The molecule has 0 radical (unpaired) electrons. The van der Waals surface area contributed by atoms with Crippen LogP contribution in [0.1, 0.15) is 51.4 Å². The van der Waals surface area contributed by atoms with Gasteiger partial charge in [-0.1, -0.05) is 0 Å². The summed E-state index contributed by atoms with van der Waals surface area (Å²) in [6.07, 6.45) is 13.3. The minimum Gasteiger partial charge on any atom is -0.495 e. The van der Waals surface area contributed by atoms with Crippen LogP contribution in [0, 0.1) is 0 Å². The van der Waals surface area contributed by atoms with E-state index in [9.17, 15) is 0 Å². The molecule has 0 bridgehead atoms. The minimum atomic E-state index is 0.564. The van der Waals surface area contributed by atoms with Crippen LogP contribution in [-0.2, 0) is 4.74 Å². The first-order valence-corrected chi connectivity index (χ1v) is 5.31. The van der Waals surface area contributed by atoms with E-state index in [1.165, 1.54) is 57.1 Å². The molecule has 0 aromatic heterocycles. The van der Waals surface area contributed by atoms with Crippen molar-refractivity contribution in [3.05, 3.63) is 11.8 Å². The third-order valence-electron chi connectivity index (χ3n) is 2.87. The second-order valence-corrected chi connectivity index (χ2v) is 3.94. The van der Waals surface area contributed by atoms with Crippen molar-refractivity contribution in [3.63, 3.8) is 0 Å². The first-order valence-electron chi connectivity index (χ1n) is 5.31. The molecule has 0 aromatic carbocycles. The maximum absolute atomic E-state index is 5.91. The maximum atomic E-state index is 5.91. The van der Waals surface area contributed by atoms with Crippen LogP contribution in [0.3, 0.4) is 0 Å². The summed E-state index contributed by atoms with van der Waals surface area (Å²) in [5.74, 6) is 1.29. The van der Waals surface area contributed by atoms with Gasteiger partial charge in [0.25, 0.3) is 0 Å². The van der Waals surface area contributed by atoms with Crippen LogP contribution >= 0.6 is 0 Å². The highest BCUT2D eigenvalue weighted by Crippen LogP contribution is 2.27.